The first kappa shape index (κ1) is 28.2. The molecule has 1 saturated heterocycles. The van der Waals surface area contributed by atoms with Gasteiger partial charge in [0.1, 0.15) is 10.6 Å². The summed E-state index contributed by atoms with van der Waals surface area (Å²) in [6.45, 7) is 2.32. The van der Waals surface area contributed by atoms with E-state index in [9.17, 15) is 18.3 Å². The van der Waals surface area contributed by atoms with Gasteiger partial charge < -0.3 is 19.6 Å². The van der Waals surface area contributed by atoms with E-state index in [0.717, 1.165) is 16.7 Å². The van der Waals surface area contributed by atoms with Gasteiger partial charge in [-0.25, -0.2) is 13.1 Å². The monoisotopic (exact) mass is 564 g/mol. The summed E-state index contributed by atoms with van der Waals surface area (Å²) in [6.07, 6.45) is 4.31. The molecule has 0 saturated carbocycles. The quantitative estimate of drug-likeness (QED) is 0.503. The number of piperidine rings is 1. The summed E-state index contributed by atoms with van der Waals surface area (Å²) in [5.74, 6) is 0.357. The summed E-state index contributed by atoms with van der Waals surface area (Å²) in [4.78, 5) is 21.2. The lowest BCUT2D eigenvalue weighted by molar-refractivity contribution is -0.133. The molecule has 9 nitrogen and oxygen atoms in total. The van der Waals surface area contributed by atoms with Crippen molar-refractivity contribution in [2.75, 3.05) is 46.4 Å². The van der Waals surface area contributed by atoms with Crippen LogP contribution >= 0.6 is 0 Å². The number of ether oxygens (including phenoxy) is 1. The van der Waals surface area contributed by atoms with Crippen LogP contribution in [0.15, 0.2) is 78.0 Å². The number of likely N-dealkylation sites (N-methyl/N-ethyl adjacent to an activating group) is 1. The molecule has 0 aliphatic carbocycles. The van der Waals surface area contributed by atoms with Crippen LogP contribution < -0.4 is 9.46 Å². The molecule has 3 heterocycles. The molecule has 2 N–H and O–H groups in total. The maximum atomic E-state index is 13.2. The van der Waals surface area contributed by atoms with Gasteiger partial charge in [0.05, 0.1) is 19.1 Å². The Kier molecular flexibility index (Phi) is 8.51. The van der Waals surface area contributed by atoms with Gasteiger partial charge in [-0.05, 0) is 49.2 Å². The van der Waals surface area contributed by atoms with E-state index < -0.39 is 16.1 Å². The highest BCUT2D eigenvalue weighted by Gasteiger charge is 2.39. The predicted octanol–water partition coefficient (Wildman–Crippen LogP) is 2.56. The van der Waals surface area contributed by atoms with Crippen molar-refractivity contribution in [2.24, 2.45) is 5.41 Å². The molecule has 3 aromatic rings. The topological polar surface area (TPSA) is 112 Å². The highest BCUT2D eigenvalue weighted by atomic mass is 32.2. The molecule has 40 heavy (non-hydrogen) atoms. The van der Waals surface area contributed by atoms with Crippen LogP contribution in [0.4, 0.5) is 0 Å². The Bertz CT molecular complexity index is 1410. The van der Waals surface area contributed by atoms with E-state index in [1.165, 1.54) is 0 Å². The summed E-state index contributed by atoms with van der Waals surface area (Å²) in [5.41, 5.74) is 2.31. The number of sulfonamides is 1. The molecule has 0 radical (unpaired) electrons. The second kappa shape index (κ2) is 12.1. The maximum absolute atomic E-state index is 13.2. The fourth-order valence-corrected chi connectivity index (χ4v) is 6.79. The second-order valence-corrected chi connectivity index (χ2v) is 12.7. The van der Waals surface area contributed by atoms with Crippen molar-refractivity contribution in [1.82, 2.24) is 19.5 Å². The van der Waals surface area contributed by atoms with Crippen molar-refractivity contribution in [3.63, 3.8) is 0 Å². The Hall–Kier alpha value is -3.31. The van der Waals surface area contributed by atoms with Gasteiger partial charge in [-0.3, -0.25) is 9.78 Å². The number of hydrogen-bond acceptors (Lipinski definition) is 7. The standard InChI is InChI=1S/C30H36N4O5S/c1-33-20-26(35)19-32-40(37,38)28-10-9-24(25-8-5-13-31-18-25)17-27(28)39-22-30(21-33)11-14-34(15-12-30)29(36)16-23-6-3-2-4-7-23/h2-10,13,17-18,26,32,35H,11-12,14-16,19-22H2,1H3. The summed E-state index contributed by atoms with van der Waals surface area (Å²) in [7, 11) is -2.01. The zero-order valence-corrected chi connectivity index (χ0v) is 23.5. The van der Waals surface area contributed by atoms with Crippen LogP contribution in [-0.4, -0.2) is 86.7 Å². The Morgan fingerprint density at radius 3 is 2.60 bits per heavy atom. The van der Waals surface area contributed by atoms with Gasteiger partial charge in [-0.15, -0.1) is 0 Å². The van der Waals surface area contributed by atoms with E-state index in [1.807, 2.05) is 59.3 Å². The molecule has 212 valence electrons. The normalized spacial score (nSPS) is 21.4. The number of pyridine rings is 1. The zero-order valence-electron chi connectivity index (χ0n) is 22.7. The molecule has 1 atom stereocenters. The molecule has 2 aliphatic heterocycles. The lowest BCUT2D eigenvalue weighted by Crippen LogP contribution is -2.51. The first-order chi connectivity index (χ1) is 19.2. The summed E-state index contributed by atoms with van der Waals surface area (Å²) in [6, 6.07) is 18.5. The van der Waals surface area contributed by atoms with Crippen molar-refractivity contribution in [3.8, 4) is 16.9 Å². The number of rotatable bonds is 3. The van der Waals surface area contributed by atoms with Crippen LogP contribution in [0.25, 0.3) is 11.1 Å². The van der Waals surface area contributed by atoms with Gasteiger partial charge in [0.15, 0.2) is 0 Å². The van der Waals surface area contributed by atoms with Crippen LogP contribution in [0, 0.1) is 5.41 Å². The molecule has 10 heteroatoms. The number of β-amino-alcohol motifs (C(OH)–C–C–N with tert-alkyl or cyclic N) is 1. The van der Waals surface area contributed by atoms with Gasteiger partial charge in [-0.2, -0.15) is 0 Å². The molecule has 1 unspecified atom stereocenters. The minimum Gasteiger partial charge on any atom is -0.492 e. The predicted molar refractivity (Wildman–Crippen MR) is 152 cm³/mol. The third kappa shape index (κ3) is 6.69. The number of nitrogens with zero attached hydrogens (tertiary/aromatic N) is 3. The summed E-state index contributed by atoms with van der Waals surface area (Å²) < 4.78 is 35.4. The number of nitrogens with one attached hydrogen (secondary N) is 1. The fourth-order valence-electron chi connectivity index (χ4n) is 5.59. The Morgan fingerprint density at radius 2 is 1.88 bits per heavy atom. The average molecular weight is 565 g/mol. The largest absolute Gasteiger partial charge is 0.492 e. The van der Waals surface area contributed by atoms with Crippen LogP contribution in [-0.2, 0) is 21.2 Å². The van der Waals surface area contributed by atoms with Crippen LogP contribution in [0.1, 0.15) is 18.4 Å². The number of aliphatic hydroxyl groups excluding tert-OH is 1. The highest BCUT2D eigenvalue weighted by molar-refractivity contribution is 7.89. The lowest BCUT2D eigenvalue weighted by Gasteiger charge is -2.44. The molecule has 1 spiro atoms. The molecular weight excluding hydrogens is 528 g/mol. The van der Waals surface area contributed by atoms with Crippen molar-refractivity contribution >= 4 is 15.9 Å². The molecule has 2 aliphatic rings. The number of carbonyl (C=O) groups excluding carboxylic acids is 1. The SMILES string of the molecule is CN1CC(O)CNS(=O)(=O)c2ccc(-c3cccnc3)cc2OCC2(CCN(C(=O)Cc3ccccc3)CC2)C1. The third-order valence-corrected chi connectivity index (χ3v) is 9.24. The lowest BCUT2D eigenvalue weighted by atomic mass is 9.78. The first-order valence-electron chi connectivity index (χ1n) is 13.6. The van der Waals surface area contributed by atoms with E-state index in [-0.39, 0.29) is 35.1 Å². The highest BCUT2D eigenvalue weighted by Crippen LogP contribution is 2.36. The van der Waals surface area contributed by atoms with E-state index in [4.69, 9.17) is 4.74 Å². The number of amides is 1. The molecule has 1 amide bonds. The van der Waals surface area contributed by atoms with E-state index in [2.05, 4.69) is 9.71 Å². The second-order valence-electron chi connectivity index (χ2n) is 10.9. The molecular formula is C30H36N4O5S. The van der Waals surface area contributed by atoms with E-state index >= 15 is 0 Å². The number of benzene rings is 2. The third-order valence-electron chi connectivity index (χ3n) is 7.77. The number of carbonyl (C=O) groups is 1. The molecule has 1 aromatic heterocycles. The first-order valence-corrected chi connectivity index (χ1v) is 15.1. The van der Waals surface area contributed by atoms with E-state index in [1.54, 1.807) is 30.6 Å². The van der Waals surface area contributed by atoms with E-state index in [0.29, 0.717) is 45.4 Å². The molecule has 5 rings (SSSR count). The Morgan fingerprint density at radius 1 is 1.10 bits per heavy atom. The van der Waals surface area contributed by atoms with Crippen molar-refractivity contribution in [3.05, 3.63) is 78.6 Å². The minimum atomic E-state index is -3.93. The van der Waals surface area contributed by atoms with Gasteiger partial charge in [0.2, 0.25) is 15.9 Å². The van der Waals surface area contributed by atoms with Crippen molar-refractivity contribution in [2.45, 2.75) is 30.3 Å². The number of fused-ring (bicyclic) bond motifs is 1. The van der Waals surface area contributed by atoms with Crippen molar-refractivity contribution < 1.29 is 23.1 Å². The van der Waals surface area contributed by atoms with Crippen LogP contribution in [0.2, 0.25) is 0 Å². The zero-order chi connectivity index (χ0) is 28.2. The van der Waals surface area contributed by atoms with Gasteiger partial charge in [-0.1, -0.05) is 42.5 Å². The number of likely N-dealkylation sites (tertiary alicyclic amines) is 1. The Balaban J connectivity index is 1.40. The van der Waals surface area contributed by atoms with Gasteiger partial charge >= 0.3 is 0 Å². The molecule has 1 fully saturated rings. The van der Waals surface area contributed by atoms with Crippen molar-refractivity contribution in [1.29, 1.82) is 0 Å². The van der Waals surface area contributed by atoms with Crippen LogP contribution in [0.5, 0.6) is 5.75 Å². The average Bonchev–Trinajstić information content (AvgIpc) is 2.96. The Labute approximate surface area is 235 Å². The number of hydrogen-bond donors (Lipinski definition) is 2. The van der Waals surface area contributed by atoms with Gasteiger partial charge in [0, 0.05) is 56.1 Å². The number of aliphatic hydroxyl groups is 1. The smallest absolute Gasteiger partial charge is 0.244 e. The molecule has 2 aromatic carbocycles. The summed E-state index contributed by atoms with van der Waals surface area (Å²) >= 11 is 0. The van der Waals surface area contributed by atoms with Gasteiger partial charge in [0.25, 0.3) is 0 Å². The fraction of sp³-hybridized carbons (Fsp3) is 0.400. The molecule has 0 bridgehead atoms. The maximum Gasteiger partial charge on any atom is 0.244 e. The summed E-state index contributed by atoms with van der Waals surface area (Å²) in [5, 5.41) is 10.6. The van der Waals surface area contributed by atoms with Crippen LogP contribution in [0.3, 0.4) is 0 Å². The number of aromatic nitrogens is 1. The minimum absolute atomic E-state index is 0.0342.